The van der Waals surface area contributed by atoms with Crippen LogP contribution in [-0.2, 0) is 4.79 Å². The Hall–Kier alpha value is -1.77. The average molecular weight is 435 g/mol. The number of H-pyrrole nitrogens is 1. The lowest BCUT2D eigenvalue weighted by Crippen LogP contribution is -2.55. The van der Waals surface area contributed by atoms with E-state index in [1.54, 1.807) is 18.1 Å². The van der Waals surface area contributed by atoms with Crippen LogP contribution in [0.5, 0.6) is 0 Å². The summed E-state index contributed by atoms with van der Waals surface area (Å²) in [7, 11) is 0. The van der Waals surface area contributed by atoms with Gasteiger partial charge in [-0.3, -0.25) is 4.79 Å². The highest BCUT2D eigenvalue weighted by Gasteiger charge is 2.39. The molecule has 5 heterocycles. The molecule has 2 aromatic rings. The summed E-state index contributed by atoms with van der Waals surface area (Å²) in [6.07, 6.45) is 10.2. The van der Waals surface area contributed by atoms with Gasteiger partial charge >= 0.3 is 0 Å². The van der Waals surface area contributed by atoms with Crippen molar-refractivity contribution in [1.82, 2.24) is 25.2 Å². The number of hydrogen-bond acceptors (Lipinski definition) is 6. The Bertz CT molecular complexity index is 938. The summed E-state index contributed by atoms with van der Waals surface area (Å²) < 4.78 is 0. The molecule has 7 nitrogen and oxygen atoms in total. The third-order valence-electron chi connectivity index (χ3n) is 6.19. The standard InChI is InChI=1S/C20H26N6OS.ClH/c1-14-10-21-17-16(14)18(23-13-22-17)25-8-9-28-15(11-25)19(27)26-7-3-5-20(12-26)4-2-6-24-20;/h10-11,13,24H,2-9,12H2,1H3,(H,21,22,23);1H. The number of aromatic nitrogens is 3. The summed E-state index contributed by atoms with van der Waals surface area (Å²) >= 11 is 1.66. The van der Waals surface area contributed by atoms with Gasteiger partial charge in [-0.2, -0.15) is 0 Å². The number of nitrogens with one attached hydrogen (secondary N) is 2. The first-order chi connectivity index (χ1) is 13.7. The minimum Gasteiger partial charge on any atom is -0.346 e. The highest BCUT2D eigenvalue weighted by molar-refractivity contribution is 8.04. The highest BCUT2D eigenvalue weighted by Crippen LogP contribution is 2.34. The molecule has 1 unspecified atom stereocenters. The van der Waals surface area contributed by atoms with E-state index >= 15 is 0 Å². The van der Waals surface area contributed by atoms with Crippen molar-refractivity contribution in [3.63, 3.8) is 0 Å². The fourth-order valence-electron chi connectivity index (χ4n) is 4.77. The minimum absolute atomic E-state index is 0. The molecule has 0 saturated carbocycles. The Morgan fingerprint density at radius 2 is 2.10 bits per heavy atom. The van der Waals surface area contributed by atoms with Gasteiger partial charge in [-0.1, -0.05) is 0 Å². The van der Waals surface area contributed by atoms with Gasteiger partial charge in [-0.05, 0) is 44.7 Å². The van der Waals surface area contributed by atoms with E-state index in [9.17, 15) is 4.79 Å². The minimum atomic E-state index is 0. The first-order valence-electron chi connectivity index (χ1n) is 10.1. The van der Waals surface area contributed by atoms with Gasteiger partial charge in [0.05, 0.1) is 10.3 Å². The molecular weight excluding hydrogens is 408 g/mol. The molecular formula is C20H27ClN6OS. The van der Waals surface area contributed by atoms with Crippen LogP contribution in [0.2, 0.25) is 0 Å². The Morgan fingerprint density at radius 3 is 2.93 bits per heavy atom. The topological polar surface area (TPSA) is 77.2 Å². The first kappa shape index (κ1) is 20.5. The van der Waals surface area contributed by atoms with Crippen LogP contribution in [0.25, 0.3) is 11.0 Å². The molecule has 0 bridgehead atoms. The lowest BCUT2D eigenvalue weighted by molar-refractivity contribution is -0.128. The maximum atomic E-state index is 13.3. The lowest BCUT2D eigenvalue weighted by atomic mass is 9.87. The second-order valence-electron chi connectivity index (χ2n) is 8.07. The number of piperidine rings is 1. The summed E-state index contributed by atoms with van der Waals surface area (Å²) in [6, 6.07) is 0. The van der Waals surface area contributed by atoms with E-state index < -0.39 is 0 Å². The number of aromatic amines is 1. The molecule has 2 N–H and O–H groups in total. The summed E-state index contributed by atoms with van der Waals surface area (Å²) in [5, 5.41) is 4.70. The molecule has 9 heteroatoms. The van der Waals surface area contributed by atoms with Crippen molar-refractivity contribution in [3.05, 3.63) is 29.2 Å². The van der Waals surface area contributed by atoms with Gasteiger partial charge in [0.15, 0.2) is 0 Å². The van der Waals surface area contributed by atoms with Crippen molar-refractivity contribution in [2.45, 2.75) is 38.1 Å². The van der Waals surface area contributed by atoms with Crippen LogP contribution >= 0.6 is 24.2 Å². The Kier molecular flexibility index (Phi) is 5.77. The smallest absolute Gasteiger partial charge is 0.261 e. The van der Waals surface area contributed by atoms with Crippen LogP contribution < -0.4 is 10.2 Å². The summed E-state index contributed by atoms with van der Waals surface area (Å²) in [5.41, 5.74) is 2.11. The molecule has 29 heavy (non-hydrogen) atoms. The van der Waals surface area contributed by atoms with Gasteiger partial charge in [-0.15, -0.1) is 24.2 Å². The molecule has 2 fully saturated rings. The van der Waals surface area contributed by atoms with Crippen LogP contribution in [0, 0.1) is 6.92 Å². The fourth-order valence-corrected chi connectivity index (χ4v) is 5.74. The van der Waals surface area contributed by atoms with E-state index in [2.05, 4.69) is 37.0 Å². The zero-order chi connectivity index (χ0) is 19.1. The molecule has 1 atom stereocenters. The molecule has 1 spiro atoms. The Morgan fingerprint density at radius 1 is 1.24 bits per heavy atom. The molecule has 156 valence electrons. The Labute approximate surface area is 181 Å². The van der Waals surface area contributed by atoms with E-state index in [1.807, 2.05) is 12.4 Å². The number of rotatable bonds is 2. The Balaban J connectivity index is 0.00000205. The summed E-state index contributed by atoms with van der Waals surface area (Å²) in [6.45, 7) is 5.66. The maximum absolute atomic E-state index is 13.3. The van der Waals surface area contributed by atoms with Crippen molar-refractivity contribution in [1.29, 1.82) is 0 Å². The van der Waals surface area contributed by atoms with Crippen molar-refractivity contribution >= 4 is 46.9 Å². The third kappa shape index (κ3) is 3.73. The highest BCUT2D eigenvalue weighted by atomic mass is 35.5. The van der Waals surface area contributed by atoms with Crippen molar-refractivity contribution in [2.24, 2.45) is 0 Å². The predicted octanol–water partition coefficient (Wildman–Crippen LogP) is 2.83. The van der Waals surface area contributed by atoms with Gasteiger partial charge in [0.2, 0.25) is 0 Å². The monoisotopic (exact) mass is 434 g/mol. The van der Waals surface area contributed by atoms with Gasteiger partial charge in [0.25, 0.3) is 5.91 Å². The number of carbonyl (C=O) groups is 1. The van der Waals surface area contributed by atoms with Crippen LogP contribution in [0.15, 0.2) is 23.6 Å². The zero-order valence-electron chi connectivity index (χ0n) is 16.6. The second kappa shape index (κ2) is 8.16. The molecule has 3 aliphatic rings. The molecule has 0 radical (unpaired) electrons. The maximum Gasteiger partial charge on any atom is 0.261 e. The number of nitrogens with zero attached hydrogens (tertiary/aromatic N) is 4. The first-order valence-corrected chi connectivity index (χ1v) is 11.1. The number of anilines is 1. The SMILES string of the molecule is Cc1c[nH]c2ncnc(N3C=C(C(=O)N4CCCC5(CCCN5)C4)SCC3)c12.Cl. The molecule has 0 aromatic carbocycles. The molecule has 3 aliphatic heterocycles. The zero-order valence-corrected chi connectivity index (χ0v) is 18.2. The molecule has 0 aliphatic carbocycles. The van der Waals surface area contributed by atoms with Crippen LogP contribution in [0.4, 0.5) is 5.82 Å². The third-order valence-corrected chi connectivity index (χ3v) is 7.17. The molecule has 1 amide bonds. The van der Waals surface area contributed by atoms with Gasteiger partial charge < -0.3 is 20.1 Å². The second-order valence-corrected chi connectivity index (χ2v) is 9.21. The number of hydrogen-bond donors (Lipinski definition) is 2. The lowest BCUT2D eigenvalue weighted by Gasteiger charge is -2.41. The van der Waals surface area contributed by atoms with Gasteiger partial charge in [0, 0.05) is 43.3 Å². The van der Waals surface area contributed by atoms with E-state index in [-0.39, 0.29) is 23.9 Å². The van der Waals surface area contributed by atoms with Crippen LogP contribution in [0.1, 0.15) is 31.2 Å². The number of thioether (sulfide) groups is 1. The van der Waals surface area contributed by atoms with Crippen LogP contribution in [0.3, 0.4) is 0 Å². The summed E-state index contributed by atoms with van der Waals surface area (Å²) in [4.78, 5) is 30.3. The molecule has 5 rings (SSSR count). The van der Waals surface area contributed by atoms with E-state index in [4.69, 9.17) is 0 Å². The quantitative estimate of drug-likeness (QED) is 0.756. The van der Waals surface area contributed by atoms with E-state index in [0.717, 1.165) is 65.7 Å². The molecule has 2 aromatic heterocycles. The van der Waals surface area contributed by atoms with Crippen molar-refractivity contribution in [3.8, 4) is 0 Å². The number of fused-ring (bicyclic) bond motifs is 1. The van der Waals surface area contributed by atoms with Gasteiger partial charge in [-0.25, -0.2) is 9.97 Å². The number of amides is 1. The summed E-state index contributed by atoms with van der Waals surface area (Å²) in [5.74, 6) is 1.92. The molecule has 2 saturated heterocycles. The average Bonchev–Trinajstić information content (AvgIpc) is 3.34. The number of aryl methyl sites for hydroxylation is 1. The van der Waals surface area contributed by atoms with Crippen molar-refractivity contribution in [2.75, 3.05) is 36.8 Å². The number of halogens is 1. The van der Waals surface area contributed by atoms with E-state index in [0.29, 0.717) is 0 Å². The van der Waals surface area contributed by atoms with E-state index in [1.165, 1.54) is 19.3 Å². The van der Waals surface area contributed by atoms with Crippen LogP contribution in [-0.4, -0.2) is 63.2 Å². The fraction of sp³-hybridized carbons (Fsp3) is 0.550. The predicted molar refractivity (Wildman–Crippen MR) is 120 cm³/mol. The number of likely N-dealkylation sites (tertiary alicyclic amines) is 1. The largest absolute Gasteiger partial charge is 0.346 e. The van der Waals surface area contributed by atoms with Crippen molar-refractivity contribution < 1.29 is 4.79 Å². The number of carbonyl (C=O) groups excluding carboxylic acids is 1. The normalized spacial score (nSPS) is 24.7. The van der Waals surface area contributed by atoms with Gasteiger partial charge in [0.1, 0.15) is 17.8 Å².